The number of rotatable bonds is 5. The standard InChI is InChI=1S/C11H17N3O3/c1-7-10(17-9(3)14-7)6-11(16)13-5-4-12-8(2)15/h4-6H2,1-3H3,(H,12,15)(H,13,16). The highest BCUT2D eigenvalue weighted by Gasteiger charge is 2.11. The van der Waals surface area contributed by atoms with Crippen LogP contribution in [0.4, 0.5) is 0 Å². The molecule has 0 aliphatic heterocycles. The summed E-state index contributed by atoms with van der Waals surface area (Å²) in [6, 6.07) is 0. The van der Waals surface area contributed by atoms with E-state index in [0.717, 1.165) is 5.69 Å². The number of carbonyl (C=O) groups is 2. The zero-order valence-electron chi connectivity index (χ0n) is 10.3. The van der Waals surface area contributed by atoms with Crippen molar-refractivity contribution in [3.05, 3.63) is 17.3 Å². The maximum Gasteiger partial charge on any atom is 0.227 e. The smallest absolute Gasteiger partial charge is 0.227 e. The van der Waals surface area contributed by atoms with E-state index in [2.05, 4.69) is 15.6 Å². The van der Waals surface area contributed by atoms with Gasteiger partial charge < -0.3 is 15.1 Å². The number of nitrogens with one attached hydrogen (secondary N) is 2. The molecule has 0 aliphatic rings. The summed E-state index contributed by atoms with van der Waals surface area (Å²) in [5.41, 5.74) is 0.736. The molecule has 94 valence electrons. The van der Waals surface area contributed by atoms with Crippen molar-refractivity contribution in [1.29, 1.82) is 0 Å². The van der Waals surface area contributed by atoms with Crippen LogP contribution >= 0.6 is 0 Å². The zero-order chi connectivity index (χ0) is 12.8. The molecule has 0 radical (unpaired) electrons. The van der Waals surface area contributed by atoms with Gasteiger partial charge in [-0.05, 0) is 6.92 Å². The van der Waals surface area contributed by atoms with Gasteiger partial charge in [0.15, 0.2) is 5.89 Å². The molecule has 1 rings (SSSR count). The van der Waals surface area contributed by atoms with Gasteiger partial charge in [0.25, 0.3) is 0 Å². The van der Waals surface area contributed by atoms with Gasteiger partial charge in [-0.1, -0.05) is 0 Å². The fourth-order valence-corrected chi connectivity index (χ4v) is 1.39. The zero-order valence-corrected chi connectivity index (χ0v) is 10.3. The van der Waals surface area contributed by atoms with Crippen LogP contribution in [0.25, 0.3) is 0 Å². The van der Waals surface area contributed by atoms with Gasteiger partial charge in [0.2, 0.25) is 11.8 Å². The van der Waals surface area contributed by atoms with Crippen LogP contribution in [0.3, 0.4) is 0 Å². The molecule has 6 nitrogen and oxygen atoms in total. The molecule has 1 aromatic heterocycles. The number of aryl methyl sites for hydroxylation is 2. The second kappa shape index (κ2) is 6.03. The Balaban J connectivity index is 2.30. The molecule has 2 N–H and O–H groups in total. The van der Waals surface area contributed by atoms with Crippen LogP contribution in [0, 0.1) is 13.8 Å². The number of carbonyl (C=O) groups excluding carboxylic acids is 2. The molecule has 17 heavy (non-hydrogen) atoms. The van der Waals surface area contributed by atoms with Crippen molar-refractivity contribution >= 4 is 11.8 Å². The minimum atomic E-state index is -0.144. The van der Waals surface area contributed by atoms with Crippen molar-refractivity contribution < 1.29 is 14.0 Å². The van der Waals surface area contributed by atoms with Gasteiger partial charge in [0.1, 0.15) is 5.76 Å². The summed E-state index contributed by atoms with van der Waals surface area (Å²) in [6.07, 6.45) is 0.173. The van der Waals surface area contributed by atoms with E-state index in [1.807, 2.05) is 0 Å². The molecule has 0 saturated carbocycles. The van der Waals surface area contributed by atoms with Gasteiger partial charge in [0.05, 0.1) is 12.1 Å². The lowest BCUT2D eigenvalue weighted by Gasteiger charge is -2.04. The van der Waals surface area contributed by atoms with Crippen LogP contribution in [0.1, 0.15) is 24.3 Å². The summed E-state index contributed by atoms with van der Waals surface area (Å²) in [6.45, 7) is 5.81. The lowest BCUT2D eigenvalue weighted by Crippen LogP contribution is -2.34. The lowest BCUT2D eigenvalue weighted by atomic mass is 10.2. The van der Waals surface area contributed by atoms with Crippen LogP contribution in [-0.4, -0.2) is 29.9 Å². The predicted octanol–water partition coefficient (Wildman–Crippen LogP) is 0.0862. The third-order valence-electron chi connectivity index (χ3n) is 2.14. The number of nitrogens with zero attached hydrogens (tertiary/aromatic N) is 1. The average Bonchev–Trinajstić information content (AvgIpc) is 2.52. The van der Waals surface area contributed by atoms with Gasteiger partial charge in [-0.3, -0.25) is 9.59 Å². The topological polar surface area (TPSA) is 84.2 Å². The highest BCUT2D eigenvalue weighted by molar-refractivity contribution is 5.78. The first-order chi connectivity index (χ1) is 7.99. The lowest BCUT2D eigenvalue weighted by molar-refractivity contribution is -0.121. The van der Waals surface area contributed by atoms with Gasteiger partial charge >= 0.3 is 0 Å². The summed E-state index contributed by atoms with van der Waals surface area (Å²) >= 11 is 0. The Kier molecular flexibility index (Phi) is 4.68. The normalized spacial score (nSPS) is 10.1. The molecule has 0 atom stereocenters. The van der Waals surface area contributed by atoms with E-state index in [-0.39, 0.29) is 18.2 Å². The van der Waals surface area contributed by atoms with Gasteiger partial charge in [-0.15, -0.1) is 0 Å². The van der Waals surface area contributed by atoms with Crippen LogP contribution in [0.5, 0.6) is 0 Å². The Morgan fingerprint density at radius 2 is 1.88 bits per heavy atom. The largest absolute Gasteiger partial charge is 0.445 e. The molecule has 1 aromatic rings. The molecule has 0 spiro atoms. The molecule has 0 fully saturated rings. The maximum atomic E-state index is 11.5. The van der Waals surface area contributed by atoms with Crippen molar-refractivity contribution in [2.45, 2.75) is 27.2 Å². The van der Waals surface area contributed by atoms with E-state index in [9.17, 15) is 9.59 Å². The predicted molar refractivity (Wildman–Crippen MR) is 61.4 cm³/mol. The van der Waals surface area contributed by atoms with E-state index in [1.165, 1.54) is 6.92 Å². The number of oxazole rings is 1. The van der Waals surface area contributed by atoms with Gasteiger partial charge in [-0.2, -0.15) is 0 Å². The van der Waals surface area contributed by atoms with E-state index < -0.39 is 0 Å². The third kappa shape index (κ3) is 4.67. The van der Waals surface area contributed by atoms with E-state index in [0.29, 0.717) is 24.7 Å². The Morgan fingerprint density at radius 1 is 1.24 bits per heavy atom. The van der Waals surface area contributed by atoms with Crippen LogP contribution in [0.15, 0.2) is 4.42 Å². The highest BCUT2D eigenvalue weighted by atomic mass is 16.4. The Hall–Kier alpha value is -1.85. The SMILES string of the molecule is CC(=O)NCCNC(=O)Cc1oc(C)nc1C. The monoisotopic (exact) mass is 239 g/mol. The van der Waals surface area contributed by atoms with Crippen molar-refractivity contribution in [3.63, 3.8) is 0 Å². The van der Waals surface area contributed by atoms with Gasteiger partial charge in [0, 0.05) is 26.9 Å². The first-order valence-electron chi connectivity index (χ1n) is 5.43. The number of hydrogen-bond acceptors (Lipinski definition) is 4. The quantitative estimate of drug-likeness (QED) is 0.713. The van der Waals surface area contributed by atoms with Crippen LogP contribution in [0.2, 0.25) is 0 Å². The summed E-state index contributed by atoms with van der Waals surface area (Å²) < 4.78 is 5.29. The van der Waals surface area contributed by atoms with Crippen molar-refractivity contribution in [1.82, 2.24) is 15.6 Å². The van der Waals surface area contributed by atoms with E-state index in [4.69, 9.17) is 4.42 Å². The molecule has 0 bridgehead atoms. The molecule has 6 heteroatoms. The van der Waals surface area contributed by atoms with Crippen molar-refractivity contribution in [2.24, 2.45) is 0 Å². The van der Waals surface area contributed by atoms with Gasteiger partial charge in [-0.25, -0.2) is 4.98 Å². The Morgan fingerprint density at radius 3 is 2.41 bits per heavy atom. The summed E-state index contributed by atoms with van der Waals surface area (Å²) in [4.78, 5) is 26.2. The molecule has 0 aromatic carbocycles. The molecular formula is C11H17N3O3. The minimum absolute atomic E-state index is 0.110. The number of hydrogen-bond donors (Lipinski definition) is 2. The molecule has 2 amide bonds. The Labute approximate surface area is 99.8 Å². The Bertz CT molecular complexity index is 412. The summed E-state index contributed by atoms with van der Waals surface area (Å²) in [7, 11) is 0. The maximum absolute atomic E-state index is 11.5. The number of amides is 2. The van der Waals surface area contributed by atoms with Crippen molar-refractivity contribution in [2.75, 3.05) is 13.1 Å². The molecule has 0 unspecified atom stereocenters. The average molecular weight is 239 g/mol. The summed E-state index contributed by atoms with van der Waals surface area (Å²) in [5.74, 6) is 0.888. The van der Waals surface area contributed by atoms with E-state index >= 15 is 0 Å². The molecule has 1 heterocycles. The number of aromatic nitrogens is 1. The first-order valence-corrected chi connectivity index (χ1v) is 5.43. The van der Waals surface area contributed by atoms with Crippen molar-refractivity contribution in [3.8, 4) is 0 Å². The van der Waals surface area contributed by atoms with Crippen LogP contribution in [-0.2, 0) is 16.0 Å². The minimum Gasteiger partial charge on any atom is -0.445 e. The molecule has 0 aliphatic carbocycles. The third-order valence-corrected chi connectivity index (χ3v) is 2.14. The molecular weight excluding hydrogens is 222 g/mol. The first kappa shape index (κ1) is 13.2. The highest BCUT2D eigenvalue weighted by Crippen LogP contribution is 2.09. The molecule has 0 saturated heterocycles. The fourth-order valence-electron chi connectivity index (χ4n) is 1.39. The van der Waals surface area contributed by atoms with E-state index in [1.54, 1.807) is 13.8 Å². The summed E-state index contributed by atoms with van der Waals surface area (Å²) in [5, 5.41) is 5.27. The second-order valence-electron chi connectivity index (χ2n) is 3.75. The van der Waals surface area contributed by atoms with Crippen LogP contribution < -0.4 is 10.6 Å². The second-order valence-corrected chi connectivity index (χ2v) is 3.75. The fraction of sp³-hybridized carbons (Fsp3) is 0.545.